The zero-order chi connectivity index (χ0) is 12.5. The van der Waals surface area contributed by atoms with Crippen molar-refractivity contribution in [3.63, 3.8) is 0 Å². The summed E-state index contributed by atoms with van der Waals surface area (Å²) < 4.78 is 6.87. The van der Waals surface area contributed by atoms with Crippen molar-refractivity contribution in [3.05, 3.63) is 11.8 Å². The molecular formula is C11H19N3O2. The van der Waals surface area contributed by atoms with Crippen LogP contribution >= 0.6 is 0 Å². The zero-order valence-electron chi connectivity index (χ0n) is 10.4. The van der Waals surface area contributed by atoms with Gasteiger partial charge >= 0.3 is 5.97 Å². The summed E-state index contributed by atoms with van der Waals surface area (Å²) in [5.74, 6) is -0.222. The molecule has 1 aromatic rings. The van der Waals surface area contributed by atoms with Crippen LogP contribution in [0.15, 0.2) is 6.20 Å². The highest BCUT2D eigenvalue weighted by Gasteiger charge is 2.22. The first kappa shape index (κ1) is 12.5. The molecule has 0 amide bonds. The van der Waals surface area contributed by atoms with Gasteiger partial charge in [0.05, 0.1) is 0 Å². The number of nitrogens with zero attached hydrogens (tertiary/aromatic N) is 2. The molecule has 0 bridgehead atoms. The smallest absolute Gasteiger partial charge is 0.344 e. The number of carbonyl (C=O) groups is 1. The van der Waals surface area contributed by atoms with E-state index in [9.17, 15) is 4.79 Å². The third kappa shape index (κ3) is 2.98. The summed E-state index contributed by atoms with van der Waals surface area (Å²) in [6.07, 6.45) is 1.62. The molecule has 0 saturated carbocycles. The quantitative estimate of drug-likeness (QED) is 0.781. The van der Waals surface area contributed by atoms with Crippen molar-refractivity contribution in [1.82, 2.24) is 9.78 Å². The summed E-state index contributed by atoms with van der Waals surface area (Å²) in [5.41, 5.74) is 5.46. The Bertz CT molecular complexity index is 388. The minimum absolute atomic E-state index is 0.165. The van der Waals surface area contributed by atoms with Crippen molar-refractivity contribution >= 4 is 11.8 Å². The minimum Gasteiger partial charge on any atom is -0.456 e. The van der Waals surface area contributed by atoms with Crippen LogP contribution in [0.3, 0.4) is 0 Å². The van der Waals surface area contributed by atoms with Crippen LogP contribution in [0.5, 0.6) is 0 Å². The maximum atomic E-state index is 11.8. The highest BCUT2D eigenvalue weighted by molar-refractivity contribution is 5.94. The van der Waals surface area contributed by atoms with Gasteiger partial charge in [-0.05, 0) is 34.6 Å². The second kappa shape index (κ2) is 4.15. The van der Waals surface area contributed by atoms with Crippen molar-refractivity contribution in [2.24, 2.45) is 0 Å². The average Bonchev–Trinajstić information content (AvgIpc) is 2.44. The fourth-order valence-corrected chi connectivity index (χ4v) is 1.16. The molecule has 5 nitrogen and oxygen atoms in total. The van der Waals surface area contributed by atoms with Crippen LogP contribution in [0, 0.1) is 0 Å². The van der Waals surface area contributed by atoms with E-state index in [1.54, 1.807) is 10.9 Å². The fourth-order valence-electron chi connectivity index (χ4n) is 1.16. The Hall–Kier alpha value is -1.52. The number of nitrogens with two attached hydrogens (primary N) is 1. The third-order valence-corrected chi connectivity index (χ3v) is 1.91. The van der Waals surface area contributed by atoms with E-state index in [4.69, 9.17) is 10.5 Å². The Morgan fingerprint density at radius 1 is 1.50 bits per heavy atom. The standard InChI is InChI=1S/C11H19N3O2/c1-7(2)14-6-8(9(12)13-14)10(15)16-11(3,4)5/h6-7H,1-5H3,(H2,12,13). The van der Waals surface area contributed by atoms with Crippen molar-refractivity contribution < 1.29 is 9.53 Å². The largest absolute Gasteiger partial charge is 0.456 e. The van der Waals surface area contributed by atoms with Gasteiger partial charge < -0.3 is 10.5 Å². The maximum Gasteiger partial charge on any atom is 0.344 e. The van der Waals surface area contributed by atoms with E-state index in [1.165, 1.54) is 0 Å². The molecule has 0 atom stereocenters. The van der Waals surface area contributed by atoms with E-state index in [-0.39, 0.29) is 11.9 Å². The molecule has 0 radical (unpaired) electrons. The maximum absolute atomic E-state index is 11.8. The van der Waals surface area contributed by atoms with Crippen molar-refractivity contribution in [3.8, 4) is 0 Å². The number of aromatic nitrogens is 2. The Morgan fingerprint density at radius 3 is 2.44 bits per heavy atom. The molecule has 0 aromatic carbocycles. The molecule has 0 unspecified atom stereocenters. The summed E-state index contributed by atoms with van der Waals surface area (Å²) in [4.78, 5) is 11.8. The van der Waals surface area contributed by atoms with E-state index in [0.29, 0.717) is 5.56 Å². The van der Waals surface area contributed by atoms with Gasteiger partial charge in [0.2, 0.25) is 0 Å². The second-order valence-electron chi connectivity index (χ2n) is 5.00. The predicted molar refractivity (Wildman–Crippen MR) is 62.2 cm³/mol. The molecule has 0 aliphatic rings. The van der Waals surface area contributed by atoms with Gasteiger partial charge in [-0.15, -0.1) is 0 Å². The van der Waals surface area contributed by atoms with Crippen molar-refractivity contribution in [2.45, 2.75) is 46.3 Å². The van der Waals surface area contributed by atoms with Gasteiger partial charge in [-0.3, -0.25) is 4.68 Å². The van der Waals surface area contributed by atoms with Crippen LogP contribution < -0.4 is 5.73 Å². The Balaban J connectivity index is 2.92. The van der Waals surface area contributed by atoms with Gasteiger partial charge in [0.15, 0.2) is 5.82 Å². The van der Waals surface area contributed by atoms with Gasteiger partial charge in [0.25, 0.3) is 0 Å². The summed E-state index contributed by atoms with van der Waals surface area (Å²) in [5, 5.41) is 4.05. The van der Waals surface area contributed by atoms with Gasteiger partial charge in [-0.2, -0.15) is 5.10 Å². The number of rotatable bonds is 2. The van der Waals surface area contributed by atoms with Crippen LogP contribution in [-0.2, 0) is 4.74 Å². The molecule has 1 heterocycles. The van der Waals surface area contributed by atoms with Crippen LogP contribution in [0.1, 0.15) is 51.0 Å². The van der Waals surface area contributed by atoms with Gasteiger partial charge in [-0.1, -0.05) is 0 Å². The summed E-state index contributed by atoms with van der Waals surface area (Å²) in [6.45, 7) is 9.37. The number of esters is 1. The Kier molecular flexibility index (Phi) is 3.26. The summed E-state index contributed by atoms with van der Waals surface area (Å²) >= 11 is 0. The predicted octanol–water partition coefficient (Wildman–Crippen LogP) is 2.00. The summed E-state index contributed by atoms with van der Waals surface area (Å²) in [6, 6.07) is 0.165. The molecule has 2 N–H and O–H groups in total. The molecular weight excluding hydrogens is 206 g/mol. The molecule has 1 aromatic heterocycles. The number of carbonyl (C=O) groups excluding carboxylic acids is 1. The van der Waals surface area contributed by atoms with E-state index in [0.717, 1.165) is 0 Å². The van der Waals surface area contributed by atoms with Gasteiger partial charge in [0.1, 0.15) is 11.2 Å². The van der Waals surface area contributed by atoms with E-state index < -0.39 is 11.6 Å². The lowest BCUT2D eigenvalue weighted by molar-refractivity contribution is 0.00707. The van der Waals surface area contributed by atoms with E-state index in [1.807, 2.05) is 34.6 Å². The zero-order valence-corrected chi connectivity index (χ0v) is 10.4. The first-order valence-electron chi connectivity index (χ1n) is 5.28. The number of nitrogen functional groups attached to an aromatic ring is 1. The molecule has 5 heteroatoms. The monoisotopic (exact) mass is 225 g/mol. The average molecular weight is 225 g/mol. The Labute approximate surface area is 95.6 Å². The number of hydrogen-bond acceptors (Lipinski definition) is 4. The molecule has 16 heavy (non-hydrogen) atoms. The lowest BCUT2D eigenvalue weighted by Gasteiger charge is -2.18. The molecule has 0 aliphatic carbocycles. The number of ether oxygens (including phenoxy) is 1. The highest BCUT2D eigenvalue weighted by atomic mass is 16.6. The van der Waals surface area contributed by atoms with E-state index >= 15 is 0 Å². The van der Waals surface area contributed by atoms with Crippen molar-refractivity contribution in [1.29, 1.82) is 0 Å². The van der Waals surface area contributed by atoms with Crippen LogP contribution in [0.25, 0.3) is 0 Å². The normalized spacial score (nSPS) is 11.9. The molecule has 90 valence electrons. The topological polar surface area (TPSA) is 70.1 Å². The molecule has 0 spiro atoms. The lowest BCUT2D eigenvalue weighted by atomic mass is 10.2. The molecule has 1 rings (SSSR count). The molecule has 0 aliphatic heterocycles. The summed E-state index contributed by atoms with van der Waals surface area (Å²) in [7, 11) is 0. The molecule has 0 fully saturated rings. The third-order valence-electron chi connectivity index (χ3n) is 1.91. The highest BCUT2D eigenvalue weighted by Crippen LogP contribution is 2.17. The minimum atomic E-state index is -0.524. The van der Waals surface area contributed by atoms with Crippen LogP contribution in [-0.4, -0.2) is 21.4 Å². The van der Waals surface area contributed by atoms with Crippen molar-refractivity contribution in [2.75, 3.05) is 5.73 Å². The van der Waals surface area contributed by atoms with Crippen LogP contribution in [0.2, 0.25) is 0 Å². The van der Waals surface area contributed by atoms with E-state index in [2.05, 4.69) is 5.10 Å². The molecule has 0 saturated heterocycles. The van der Waals surface area contributed by atoms with Crippen LogP contribution in [0.4, 0.5) is 5.82 Å². The fraction of sp³-hybridized carbons (Fsp3) is 0.636. The van der Waals surface area contributed by atoms with Gasteiger partial charge in [0, 0.05) is 12.2 Å². The lowest BCUT2D eigenvalue weighted by Crippen LogP contribution is -2.24. The Morgan fingerprint density at radius 2 is 2.06 bits per heavy atom. The first-order chi connectivity index (χ1) is 7.20. The van der Waals surface area contributed by atoms with Gasteiger partial charge in [-0.25, -0.2) is 4.79 Å². The number of anilines is 1. The SMILES string of the molecule is CC(C)n1cc(C(=O)OC(C)(C)C)c(N)n1. The number of hydrogen-bond donors (Lipinski definition) is 1. The first-order valence-corrected chi connectivity index (χ1v) is 5.28. The second-order valence-corrected chi connectivity index (χ2v) is 5.00.